The maximum Gasteiger partial charge on any atom is 0.0699 e. The largest absolute Gasteiger partial charge is 0.0774 e. The van der Waals surface area contributed by atoms with Crippen molar-refractivity contribution in [3.63, 3.8) is 0 Å². The standard InChI is InChI=1S/C24H41B/c25-24-16-14-23(15-17-24)22-12-10-21(11-13-22)20-8-6-19(7-9-20)18-4-2-1-3-5-18/h18-24H,1-17H2. The molecule has 4 rings (SSSR count). The Labute approximate surface area is 158 Å². The van der Waals surface area contributed by atoms with Crippen molar-refractivity contribution in [2.24, 2.45) is 35.5 Å². The van der Waals surface area contributed by atoms with E-state index in [-0.39, 0.29) is 0 Å². The van der Waals surface area contributed by atoms with E-state index in [9.17, 15) is 0 Å². The van der Waals surface area contributed by atoms with Crippen LogP contribution in [0, 0.1) is 35.5 Å². The van der Waals surface area contributed by atoms with Crippen molar-refractivity contribution in [1.82, 2.24) is 0 Å². The van der Waals surface area contributed by atoms with E-state index in [0.717, 1.165) is 35.5 Å². The summed E-state index contributed by atoms with van der Waals surface area (Å²) in [4.78, 5) is 0. The average molecular weight is 340 g/mol. The van der Waals surface area contributed by atoms with E-state index in [1.165, 1.54) is 44.9 Å². The monoisotopic (exact) mass is 340 g/mol. The van der Waals surface area contributed by atoms with Gasteiger partial charge in [-0.25, -0.2) is 0 Å². The minimum absolute atomic E-state index is 0.520. The highest BCUT2D eigenvalue weighted by molar-refractivity contribution is 6.11. The van der Waals surface area contributed by atoms with Crippen LogP contribution in [0.15, 0.2) is 0 Å². The van der Waals surface area contributed by atoms with Gasteiger partial charge in [-0.2, -0.15) is 0 Å². The molecule has 2 radical (unpaired) electrons. The summed E-state index contributed by atoms with van der Waals surface area (Å²) in [6.45, 7) is 0. The Balaban J connectivity index is 1.18. The Hall–Kier alpha value is 0.0649. The van der Waals surface area contributed by atoms with Gasteiger partial charge in [0.25, 0.3) is 0 Å². The Morgan fingerprint density at radius 3 is 0.960 bits per heavy atom. The molecule has 25 heavy (non-hydrogen) atoms. The first-order valence-corrected chi connectivity index (χ1v) is 12.0. The van der Waals surface area contributed by atoms with E-state index >= 15 is 0 Å². The smallest absolute Gasteiger partial charge is 0.0699 e. The maximum atomic E-state index is 6.11. The molecule has 0 amide bonds. The van der Waals surface area contributed by atoms with Gasteiger partial charge >= 0.3 is 0 Å². The van der Waals surface area contributed by atoms with Crippen molar-refractivity contribution in [3.05, 3.63) is 0 Å². The van der Waals surface area contributed by atoms with Crippen molar-refractivity contribution in [1.29, 1.82) is 0 Å². The van der Waals surface area contributed by atoms with Gasteiger partial charge in [0.15, 0.2) is 0 Å². The van der Waals surface area contributed by atoms with E-state index in [4.69, 9.17) is 7.85 Å². The number of hydrogen-bond donors (Lipinski definition) is 0. The molecule has 0 aromatic rings. The van der Waals surface area contributed by atoms with Crippen molar-refractivity contribution >= 4 is 7.85 Å². The molecule has 0 aromatic carbocycles. The van der Waals surface area contributed by atoms with E-state index in [0.29, 0.717) is 5.82 Å². The molecule has 4 fully saturated rings. The van der Waals surface area contributed by atoms with Crippen LogP contribution < -0.4 is 0 Å². The molecule has 4 saturated carbocycles. The van der Waals surface area contributed by atoms with E-state index in [2.05, 4.69) is 0 Å². The van der Waals surface area contributed by atoms with E-state index in [1.54, 1.807) is 64.2 Å². The second-order valence-corrected chi connectivity index (χ2v) is 10.4. The lowest BCUT2D eigenvalue weighted by Gasteiger charge is -2.42. The lowest BCUT2D eigenvalue weighted by atomic mass is 9.62. The Morgan fingerprint density at radius 1 is 0.320 bits per heavy atom. The molecular formula is C24H41B. The minimum atomic E-state index is 0.520. The zero-order valence-corrected chi connectivity index (χ0v) is 16.6. The van der Waals surface area contributed by atoms with Crippen LogP contribution in [0.3, 0.4) is 0 Å². The second-order valence-electron chi connectivity index (χ2n) is 10.4. The summed E-state index contributed by atoms with van der Waals surface area (Å²) in [6.07, 6.45) is 25.7. The molecule has 0 aliphatic heterocycles. The fourth-order valence-corrected chi connectivity index (χ4v) is 7.40. The third-order valence-corrected chi connectivity index (χ3v) is 9.10. The predicted octanol–water partition coefficient (Wildman–Crippen LogP) is 7.33. The maximum absolute atomic E-state index is 6.11. The molecule has 140 valence electrons. The van der Waals surface area contributed by atoms with Crippen molar-refractivity contribution in [3.8, 4) is 0 Å². The fraction of sp³-hybridized carbons (Fsp3) is 1.00. The van der Waals surface area contributed by atoms with Crippen molar-refractivity contribution in [2.45, 2.75) is 115 Å². The minimum Gasteiger partial charge on any atom is -0.0774 e. The first-order chi connectivity index (χ1) is 12.3. The van der Waals surface area contributed by atoms with Crippen LogP contribution in [0.25, 0.3) is 0 Å². The van der Waals surface area contributed by atoms with Gasteiger partial charge < -0.3 is 0 Å². The molecule has 0 heterocycles. The lowest BCUT2D eigenvalue weighted by Crippen LogP contribution is -2.30. The van der Waals surface area contributed by atoms with Crippen LogP contribution in [-0.4, -0.2) is 7.85 Å². The van der Waals surface area contributed by atoms with Gasteiger partial charge in [-0.1, -0.05) is 63.6 Å². The molecule has 0 atom stereocenters. The first-order valence-electron chi connectivity index (χ1n) is 12.0. The highest BCUT2D eigenvalue weighted by Crippen LogP contribution is 2.47. The van der Waals surface area contributed by atoms with Crippen molar-refractivity contribution in [2.75, 3.05) is 0 Å². The molecule has 0 saturated heterocycles. The predicted molar refractivity (Wildman–Crippen MR) is 109 cm³/mol. The van der Waals surface area contributed by atoms with Crippen LogP contribution in [0.1, 0.15) is 109 Å². The first kappa shape index (κ1) is 18.4. The van der Waals surface area contributed by atoms with E-state index in [1.807, 2.05) is 0 Å². The zero-order valence-electron chi connectivity index (χ0n) is 16.6. The highest BCUT2D eigenvalue weighted by Gasteiger charge is 2.35. The molecule has 4 aliphatic rings. The molecule has 0 nitrogen and oxygen atoms in total. The van der Waals surface area contributed by atoms with Gasteiger partial charge in [0, 0.05) is 0 Å². The SMILES string of the molecule is [B]C1CCC(C2CCC(C3CCC(C4CCCCC4)CC3)CC2)CC1. The molecule has 0 unspecified atom stereocenters. The molecule has 0 N–H and O–H groups in total. The van der Waals surface area contributed by atoms with Crippen LogP contribution in [0.5, 0.6) is 0 Å². The summed E-state index contributed by atoms with van der Waals surface area (Å²) in [5.41, 5.74) is 0. The average Bonchev–Trinajstić information content (AvgIpc) is 2.70. The van der Waals surface area contributed by atoms with Gasteiger partial charge in [-0.15, -0.1) is 0 Å². The third kappa shape index (κ3) is 4.67. The van der Waals surface area contributed by atoms with Crippen molar-refractivity contribution < 1.29 is 0 Å². The molecule has 0 spiro atoms. The Morgan fingerprint density at radius 2 is 0.600 bits per heavy atom. The highest BCUT2D eigenvalue weighted by atomic mass is 14.4. The van der Waals surface area contributed by atoms with E-state index < -0.39 is 0 Å². The summed E-state index contributed by atoms with van der Waals surface area (Å²) < 4.78 is 0. The van der Waals surface area contributed by atoms with Crippen LogP contribution in [0.2, 0.25) is 5.82 Å². The number of rotatable bonds is 3. The summed E-state index contributed by atoms with van der Waals surface area (Å²) in [6, 6.07) is 0. The van der Waals surface area contributed by atoms with Crippen LogP contribution in [0.4, 0.5) is 0 Å². The quantitative estimate of drug-likeness (QED) is 0.472. The van der Waals surface area contributed by atoms with Gasteiger partial charge in [0.2, 0.25) is 0 Å². The van der Waals surface area contributed by atoms with Crippen LogP contribution >= 0.6 is 0 Å². The molecule has 0 bridgehead atoms. The third-order valence-electron chi connectivity index (χ3n) is 9.10. The molecule has 4 aliphatic carbocycles. The Bertz CT molecular complexity index is 375. The second kappa shape index (κ2) is 8.84. The fourth-order valence-electron chi connectivity index (χ4n) is 7.40. The molecular weight excluding hydrogens is 299 g/mol. The summed E-state index contributed by atoms with van der Waals surface area (Å²) in [7, 11) is 6.11. The molecule has 0 aromatic heterocycles. The Kier molecular flexibility index (Phi) is 6.51. The summed E-state index contributed by atoms with van der Waals surface area (Å²) >= 11 is 0. The van der Waals surface area contributed by atoms with Gasteiger partial charge in [-0.3, -0.25) is 0 Å². The summed E-state index contributed by atoms with van der Waals surface area (Å²) in [5.74, 6) is 7.02. The van der Waals surface area contributed by atoms with Gasteiger partial charge in [0.1, 0.15) is 0 Å². The number of hydrogen-bond acceptors (Lipinski definition) is 0. The van der Waals surface area contributed by atoms with Gasteiger partial charge in [0.05, 0.1) is 7.85 Å². The zero-order chi connectivity index (χ0) is 17.1. The lowest BCUT2D eigenvalue weighted by molar-refractivity contribution is 0.0947. The summed E-state index contributed by atoms with van der Waals surface area (Å²) in [5, 5.41) is 0. The van der Waals surface area contributed by atoms with Gasteiger partial charge in [-0.05, 0) is 86.9 Å². The normalized spacial score (nSPS) is 44.5. The topological polar surface area (TPSA) is 0 Å². The van der Waals surface area contributed by atoms with Crippen LogP contribution in [-0.2, 0) is 0 Å². The molecule has 1 heteroatoms.